The molecule has 0 aliphatic heterocycles. The third-order valence-corrected chi connectivity index (χ3v) is 3.12. The number of nitrogens with one attached hydrogen (secondary N) is 1. The molecule has 0 aromatic heterocycles. The summed E-state index contributed by atoms with van der Waals surface area (Å²) in [6, 6.07) is 5.00. The molecule has 0 saturated heterocycles. The average molecular weight is 286 g/mol. The van der Waals surface area contributed by atoms with E-state index in [4.69, 9.17) is 5.11 Å². The number of benzene rings is 1. The fourth-order valence-electron chi connectivity index (χ4n) is 1.41. The van der Waals surface area contributed by atoms with Crippen molar-refractivity contribution in [1.82, 2.24) is 5.32 Å². The van der Waals surface area contributed by atoms with Crippen molar-refractivity contribution in [3.63, 3.8) is 0 Å². The highest BCUT2D eigenvalue weighted by atomic mass is 79.9. The quantitative estimate of drug-likeness (QED) is 0.814. The Labute approximate surface area is 102 Å². The predicted octanol–water partition coefficient (Wildman–Crippen LogP) is 2.02. The Morgan fingerprint density at radius 3 is 2.81 bits per heavy atom. The van der Waals surface area contributed by atoms with Gasteiger partial charge in [-0.05, 0) is 24.1 Å². The average Bonchev–Trinajstić information content (AvgIpc) is 2.21. The minimum Gasteiger partial charge on any atom is -0.481 e. The zero-order chi connectivity index (χ0) is 12.1. The van der Waals surface area contributed by atoms with Crippen molar-refractivity contribution in [3.8, 4) is 0 Å². The van der Waals surface area contributed by atoms with Gasteiger partial charge in [-0.3, -0.25) is 9.59 Å². The molecule has 0 bridgehead atoms. The van der Waals surface area contributed by atoms with Gasteiger partial charge in [-0.1, -0.05) is 28.1 Å². The van der Waals surface area contributed by atoms with Crippen LogP contribution in [0.15, 0.2) is 22.7 Å². The molecule has 0 fully saturated rings. The van der Waals surface area contributed by atoms with Crippen molar-refractivity contribution >= 4 is 28.3 Å². The van der Waals surface area contributed by atoms with Gasteiger partial charge in [0.2, 0.25) is 6.41 Å². The zero-order valence-corrected chi connectivity index (χ0v) is 10.3. The minimum atomic E-state index is -0.945. The van der Waals surface area contributed by atoms with Gasteiger partial charge in [-0.2, -0.15) is 0 Å². The first-order valence-electron chi connectivity index (χ1n) is 4.72. The Balaban J connectivity index is 2.95. The smallest absolute Gasteiger partial charge is 0.305 e. The fraction of sp³-hybridized carbons (Fsp3) is 0.273. The number of amides is 1. The van der Waals surface area contributed by atoms with E-state index in [1.807, 2.05) is 19.1 Å². The van der Waals surface area contributed by atoms with Crippen LogP contribution in [0.4, 0.5) is 0 Å². The van der Waals surface area contributed by atoms with Crippen molar-refractivity contribution in [1.29, 1.82) is 0 Å². The number of halogens is 1. The highest BCUT2D eigenvalue weighted by Crippen LogP contribution is 2.22. The lowest BCUT2D eigenvalue weighted by atomic mass is 10.0. The van der Waals surface area contributed by atoms with Crippen molar-refractivity contribution in [2.75, 3.05) is 0 Å². The maximum atomic E-state index is 10.6. The highest BCUT2D eigenvalue weighted by Gasteiger charge is 2.15. The molecule has 0 saturated carbocycles. The van der Waals surface area contributed by atoms with E-state index in [0.717, 1.165) is 15.6 Å². The zero-order valence-electron chi connectivity index (χ0n) is 8.74. The monoisotopic (exact) mass is 285 g/mol. The van der Waals surface area contributed by atoms with Crippen molar-refractivity contribution in [2.45, 2.75) is 19.4 Å². The number of carbonyl (C=O) groups is 2. The van der Waals surface area contributed by atoms with E-state index in [2.05, 4.69) is 21.2 Å². The second-order valence-electron chi connectivity index (χ2n) is 3.44. The molecule has 1 aromatic rings. The molecule has 16 heavy (non-hydrogen) atoms. The molecule has 86 valence electrons. The topological polar surface area (TPSA) is 66.4 Å². The van der Waals surface area contributed by atoms with E-state index in [0.29, 0.717) is 6.41 Å². The van der Waals surface area contributed by atoms with Crippen LogP contribution in [0.3, 0.4) is 0 Å². The number of carboxylic acids is 1. The van der Waals surface area contributed by atoms with E-state index in [9.17, 15) is 9.59 Å². The Hall–Kier alpha value is -1.36. The number of carboxylic acid groups (broad SMARTS) is 1. The van der Waals surface area contributed by atoms with E-state index in [1.165, 1.54) is 0 Å². The lowest BCUT2D eigenvalue weighted by molar-refractivity contribution is -0.137. The molecular formula is C11H12BrNO3. The summed E-state index contributed by atoms with van der Waals surface area (Å²) in [5.41, 5.74) is 1.79. The summed E-state index contributed by atoms with van der Waals surface area (Å²) < 4.78 is 0.955. The van der Waals surface area contributed by atoms with E-state index in [1.54, 1.807) is 6.07 Å². The maximum absolute atomic E-state index is 10.6. The summed E-state index contributed by atoms with van der Waals surface area (Å²) in [5.74, 6) is -0.945. The predicted molar refractivity (Wildman–Crippen MR) is 63.1 cm³/mol. The molecule has 2 N–H and O–H groups in total. The molecule has 0 aliphatic carbocycles. The molecule has 1 aromatic carbocycles. The van der Waals surface area contributed by atoms with E-state index < -0.39 is 12.0 Å². The van der Waals surface area contributed by atoms with Crippen molar-refractivity contribution in [2.24, 2.45) is 0 Å². The van der Waals surface area contributed by atoms with Crippen LogP contribution in [0.25, 0.3) is 0 Å². The number of aryl methyl sites for hydroxylation is 1. The first-order chi connectivity index (χ1) is 7.54. The summed E-state index contributed by atoms with van der Waals surface area (Å²) in [5, 5.41) is 11.2. The largest absolute Gasteiger partial charge is 0.481 e. The van der Waals surface area contributed by atoms with Gasteiger partial charge in [0.25, 0.3) is 0 Å². The molecule has 0 unspecified atom stereocenters. The summed E-state index contributed by atoms with van der Waals surface area (Å²) in [4.78, 5) is 21.1. The van der Waals surface area contributed by atoms with Gasteiger partial charge < -0.3 is 10.4 Å². The van der Waals surface area contributed by atoms with Gasteiger partial charge in [0, 0.05) is 4.47 Å². The number of hydrogen-bond donors (Lipinski definition) is 2. The summed E-state index contributed by atoms with van der Waals surface area (Å²) >= 11 is 3.36. The first kappa shape index (κ1) is 12.7. The van der Waals surface area contributed by atoms with E-state index >= 15 is 0 Å². The van der Waals surface area contributed by atoms with Crippen LogP contribution in [-0.2, 0) is 9.59 Å². The van der Waals surface area contributed by atoms with Crippen molar-refractivity contribution < 1.29 is 14.7 Å². The maximum Gasteiger partial charge on any atom is 0.305 e. The third-order valence-electron chi connectivity index (χ3n) is 2.23. The lowest BCUT2D eigenvalue weighted by Crippen LogP contribution is -2.22. The van der Waals surface area contributed by atoms with Gasteiger partial charge in [-0.15, -0.1) is 0 Å². The minimum absolute atomic E-state index is 0.125. The van der Waals surface area contributed by atoms with Crippen LogP contribution < -0.4 is 5.32 Å². The summed E-state index contributed by atoms with van der Waals surface area (Å²) in [6.07, 6.45) is 0.394. The van der Waals surface area contributed by atoms with Crippen LogP contribution in [0.1, 0.15) is 23.6 Å². The number of aliphatic carboxylic acids is 1. The van der Waals surface area contributed by atoms with Crippen LogP contribution >= 0.6 is 15.9 Å². The fourth-order valence-corrected chi connectivity index (χ4v) is 1.66. The molecule has 0 heterocycles. The molecular weight excluding hydrogens is 274 g/mol. The Bertz CT molecular complexity index is 406. The van der Waals surface area contributed by atoms with Gasteiger partial charge in [0.05, 0.1) is 12.5 Å². The Morgan fingerprint density at radius 2 is 2.31 bits per heavy atom. The molecule has 5 heteroatoms. The van der Waals surface area contributed by atoms with Crippen molar-refractivity contribution in [3.05, 3.63) is 33.8 Å². The number of carbonyl (C=O) groups excluding carboxylic acids is 1. The third kappa shape index (κ3) is 3.34. The molecule has 4 nitrogen and oxygen atoms in total. The second-order valence-corrected chi connectivity index (χ2v) is 4.30. The van der Waals surface area contributed by atoms with Crippen LogP contribution in [-0.4, -0.2) is 17.5 Å². The molecule has 0 aliphatic rings. The molecule has 1 atom stereocenters. The van der Waals surface area contributed by atoms with E-state index in [-0.39, 0.29) is 6.42 Å². The first-order valence-corrected chi connectivity index (χ1v) is 5.51. The van der Waals surface area contributed by atoms with Gasteiger partial charge in [0.1, 0.15) is 0 Å². The van der Waals surface area contributed by atoms with Crippen LogP contribution in [0, 0.1) is 6.92 Å². The number of rotatable bonds is 5. The Kier molecular flexibility index (Phi) is 4.49. The van der Waals surface area contributed by atoms with Gasteiger partial charge in [0.15, 0.2) is 0 Å². The molecule has 0 spiro atoms. The molecule has 0 radical (unpaired) electrons. The summed E-state index contributed by atoms with van der Waals surface area (Å²) in [6.45, 7) is 1.91. The standard InChI is InChI=1S/C11H12BrNO3/c1-7-4-8(2-3-9(7)12)10(13-6-14)5-11(15)16/h2-4,6,10H,5H2,1H3,(H,13,14)(H,15,16)/t10-/m1/s1. The number of hydrogen-bond acceptors (Lipinski definition) is 2. The highest BCUT2D eigenvalue weighted by molar-refractivity contribution is 9.10. The van der Waals surface area contributed by atoms with Crippen LogP contribution in [0.2, 0.25) is 0 Å². The molecule has 1 rings (SSSR count). The van der Waals surface area contributed by atoms with Crippen LogP contribution in [0.5, 0.6) is 0 Å². The second kappa shape index (κ2) is 5.65. The lowest BCUT2D eigenvalue weighted by Gasteiger charge is -2.15. The SMILES string of the molecule is Cc1cc([C@@H](CC(=O)O)NC=O)ccc1Br. The molecule has 1 amide bonds. The van der Waals surface area contributed by atoms with Gasteiger partial charge in [-0.25, -0.2) is 0 Å². The normalized spacial score (nSPS) is 11.9. The summed E-state index contributed by atoms with van der Waals surface area (Å²) in [7, 11) is 0. The Morgan fingerprint density at radius 1 is 1.62 bits per heavy atom. The van der Waals surface area contributed by atoms with Gasteiger partial charge >= 0.3 is 5.97 Å².